The Morgan fingerprint density at radius 3 is 2.46 bits per heavy atom. The van der Waals surface area contributed by atoms with Crippen LogP contribution in [0.15, 0.2) is 29.1 Å². The van der Waals surface area contributed by atoms with Gasteiger partial charge in [-0.2, -0.15) is 0 Å². The lowest BCUT2D eigenvalue weighted by Gasteiger charge is -2.32. The van der Waals surface area contributed by atoms with Crippen molar-refractivity contribution in [3.63, 3.8) is 0 Å². The number of carbonyl (C=O) groups excluding carboxylic acids is 1. The van der Waals surface area contributed by atoms with Gasteiger partial charge < -0.3 is 14.4 Å². The summed E-state index contributed by atoms with van der Waals surface area (Å²) in [4.78, 5) is 32.5. The van der Waals surface area contributed by atoms with Gasteiger partial charge in [0, 0.05) is 33.3 Å². The van der Waals surface area contributed by atoms with Crippen molar-refractivity contribution in [3.8, 4) is 0 Å². The Kier molecular flexibility index (Phi) is 8.14. The van der Waals surface area contributed by atoms with Crippen LogP contribution in [0, 0.1) is 5.92 Å². The third-order valence-electron chi connectivity index (χ3n) is 4.78. The number of hydrogen-bond donors (Lipinski definition) is 0. The monoisotopic (exact) mass is 389 g/mol. The standard InChI is InChI=1S/C21H31N3O4/c1-15(2)20(25)23(11-8-13-27-4)16(3)19-22-18-10-7-6-9-17(18)21(26)24(19)12-14-28-5/h6-7,9-10,15-16H,8,11-14H2,1-5H3. The van der Waals surface area contributed by atoms with Crippen molar-refractivity contribution in [2.45, 2.75) is 39.8 Å². The van der Waals surface area contributed by atoms with Gasteiger partial charge in [-0.3, -0.25) is 14.2 Å². The summed E-state index contributed by atoms with van der Waals surface area (Å²) in [5.41, 5.74) is 0.523. The third-order valence-corrected chi connectivity index (χ3v) is 4.78. The summed E-state index contributed by atoms with van der Waals surface area (Å²) < 4.78 is 12.0. The van der Waals surface area contributed by atoms with Gasteiger partial charge in [-0.15, -0.1) is 0 Å². The van der Waals surface area contributed by atoms with Gasteiger partial charge in [0.1, 0.15) is 5.82 Å². The summed E-state index contributed by atoms with van der Waals surface area (Å²) in [6.45, 7) is 7.56. The quantitative estimate of drug-likeness (QED) is 0.584. The number of methoxy groups -OCH3 is 2. The van der Waals surface area contributed by atoms with E-state index in [0.29, 0.717) is 43.0 Å². The minimum atomic E-state index is -0.346. The number of carbonyl (C=O) groups is 1. The van der Waals surface area contributed by atoms with Crippen molar-refractivity contribution >= 4 is 16.8 Å². The molecule has 0 aliphatic heterocycles. The molecule has 1 aromatic heterocycles. The van der Waals surface area contributed by atoms with E-state index in [2.05, 4.69) is 0 Å². The van der Waals surface area contributed by atoms with Gasteiger partial charge in [0.05, 0.1) is 30.1 Å². The molecule has 7 nitrogen and oxygen atoms in total. The highest BCUT2D eigenvalue weighted by molar-refractivity contribution is 5.79. The zero-order chi connectivity index (χ0) is 20.7. The molecule has 2 aromatic rings. The topological polar surface area (TPSA) is 73.7 Å². The van der Waals surface area contributed by atoms with E-state index < -0.39 is 0 Å². The van der Waals surface area contributed by atoms with Crippen LogP contribution >= 0.6 is 0 Å². The van der Waals surface area contributed by atoms with Crippen molar-refractivity contribution in [2.75, 3.05) is 34.0 Å². The van der Waals surface area contributed by atoms with Crippen molar-refractivity contribution in [1.29, 1.82) is 0 Å². The molecule has 154 valence electrons. The van der Waals surface area contributed by atoms with Gasteiger partial charge >= 0.3 is 0 Å². The predicted molar refractivity (Wildman–Crippen MR) is 109 cm³/mol. The molecule has 0 fully saturated rings. The maximum atomic E-state index is 13.1. The predicted octanol–water partition coefficient (Wildman–Crippen LogP) is 2.63. The van der Waals surface area contributed by atoms with E-state index in [4.69, 9.17) is 14.5 Å². The van der Waals surface area contributed by atoms with E-state index >= 15 is 0 Å². The van der Waals surface area contributed by atoms with Crippen LogP contribution in [-0.4, -0.2) is 54.3 Å². The third kappa shape index (κ3) is 4.97. The zero-order valence-corrected chi connectivity index (χ0v) is 17.5. The van der Waals surface area contributed by atoms with Crippen molar-refractivity contribution in [3.05, 3.63) is 40.4 Å². The molecule has 1 amide bonds. The first-order valence-corrected chi connectivity index (χ1v) is 9.70. The first-order valence-electron chi connectivity index (χ1n) is 9.70. The van der Waals surface area contributed by atoms with Gasteiger partial charge in [0.2, 0.25) is 5.91 Å². The minimum absolute atomic E-state index is 0.0318. The number of amides is 1. The van der Waals surface area contributed by atoms with Crippen molar-refractivity contribution < 1.29 is 14.3 Å². The van der Waals surface area contributed by atoms with Crippen LogP contribution in [-0.2, 0) is 20.8 Å². The molecule has 28 heavy (non-hydrogen) atoms. The molecule has 0 aliphatic rings. The zero-order valence-electron chi connectivity index (χ0n) is 17.5. The van der Waals surface area contributed by atoms with Gasteiger partial charge in [-0.1, -0.05) is 26.0 Å². The van der Waals surface area contributed by atoms with E-state index in [-0.39, 0.29) is 23.4 Å². The first-order chi connectivity index (χ1) is 13.4. The SMILES string of the molecule is COCCCN(C(=O)C(C)C)C(C)c1nc2ccccc2c(=O)n1CCOC. The molecule has 1 atom stereocenters. The van der Waals surface area contributed by atoms with Crippen LogP contribution in [0.3, 0.4) is 0 Å². The lowest BCUT2D eigenvalue weighted by atomic mass is 10.1. The number of para-hydroxylation sites is 1. The Morgan fingerprint density at radius 1 is 1.14 bits per heavy atom. The van der Waals surface area contributed by atoms with E-state index in [0.717, 1.165) is 6.42 Å². The molecule has 0 radical (unpaired) electrons. The second-order valence-electron chi connectivity index (χ2n) is 7.15. The van der Waals surface area contributed by atoms with Gasteiger partial charge in [0.15, 0.2) is 0 Å². The highest BCUT2D eigenvalue weighted by Gasteiger charge is 2.27. The highest BCUT2D eigenvalue weighted by Crippen LogP contribution is 2.22. The average molecular weight is 389 g/mol. The lowest BCUT2D eigenvalue weighted by Crippen LogP contribution is -2.40. The number of ether oxygens (including phenoxy) is 2. The Balaban J connectivity index is 2.53. The minimum Gasteiger partial charge on any atom is -0.385 e. The summed E-state index contributed by atoms with van der Waals surface area (Å²) in [7, 11) is 3.24. The van der Waals surface area contributed by atoms with Crippen LogP contribution in [0.4, 0.5) is 0 Å². The normalized spacial score (nSPS) is 12.5. The van der Waals surface area contributed by atoms with Crippen LogP contribution < -0.4 is 5.56 Å². The molecule has 1 heterocycles. The number of benzene rings is 1. The molecule has 0 saturated carbocycles. The molecular formula is C21H31N3O4. The number of aromatic nitrogens is 2. The fourth-order valence-corrected chi connectivity index (χ4v) is 3.25. The van der Waals surface area contributed by atoms with Gasteiger partial charge in [0.25, 0.3) is 5.56 Å². The summed E-state index contributed by atoms with van der Waals surface area (Å²) in [6, 6.07) is 6.94. The fourth-order valence-electron chi connectivity index (χ4n) is 3.25. The largest absolute Gasteiger partial charge is 0.385 e. The molecule has 0 saturated heterocycles. The smallest absolute Gasteiger partial charge is 0.261 e. The van der Waals surface area contributed by atoms with E-state index in [9.17, 15) is 9.59 Å². The Hall–Kier alpha value is -2.25. The van der Waals surface area contributed by atoms with Crippen LogP contribution in [0.25, 0.3) is 10.9 Å². The van der Waals surface area contributed by atoms with E-state index in [1.54, 1.807) is 29.8 Å². The summed E-state index contributed by atoms with van der Waals surface area (Å²) in [5, 5.41) is 0.565. The van der Waals surface area contributed by atoms with Crippen molar-refractivity contribution in [2.24, 2.45) is 5.92 Å². The summed E-state index contributed by atoms with van der Waals surface area (Å²) >= 11 is 0. The maximum absolute atomic E-state index is 13.1. The molecule has 7 heteroatoms. The van der Waals surface area contributed by atoms with Crippen LogP contribution in [0.1, 0.15) is 39.1 Å². The number of rotatable bonds is 10. The number of hydrogen-bond acceptors (Lipinski definition) is 5. The Bertz CT molecular complexity index is 847. The molecule has 0 bridgehead atoms. The molecule has 0 N–H and O–H groups in total. The highest BCUT2D eigenvalue weighted by atomic mass is 16.5. The van der Waals surface area contributed by atoms with E-state index in [1.807, 2.05) is 39.0 Å². The fraction of sp³-hybridized carbons (Fsp3) is 0.571. The Morgan fingerprint density at radius 2 is 1.82 bits per heavy atom. The molecule has 0 spiro atoms. The molecular weight excluding hydrogens is 358 g/mol. The number of nitrogens with zero attached hydrogens (tertiary/aromatic N) is 3. The Labute approximate surface area is 166 Å². The van der Waals surface area contributed by atoms with Gasteiger partial charge in [-0.05, 0) is 25.5 Å². The maximum Gasteiger partial charge on any atom is 0.261 e. The molecule has 1 unspecified atom stereocenters. The second-order valence-corrected chi connectivity index (χ2v) is 7.15. The summed E-state index contributed by atoms with van der Waals surface area (Å²) in [5.74, 6) is 0.459. The van der Waals surface area contributed by atoms with Crippen molar-refractivity contribution in [1.82, 2.24) is 14.5 Å². The number of fused-ring (bicyclic) bond motifs is 1. The second kappa shape index (κ2) is 10.3. The van der Waals surface area contributed by atoms with E-state index in [1.165, 1.54) is 0 Å². The first kappa shape index (κ1) is 22.0. The molecule has 1 aromatic carbocycles. The summed E-state index contributed by atoms with van der Waals surface area (Å²) in [6.07, 6.45) is 0.717. The van der Waals surface area contributed by atoms with Crippen LogP contribution in [0.2, 0.25) is 0 Å². The lowest BCUT2D eigenvalue weighted by molar-refractivity contribution is -0.137. The molecule has 0 aliphatic carbocycles. The molecule has 2 rings (SSSR count). The average Bonchev–Trinajstić information content (AvgIpc) is 2.69. The van der Waals surface area contributed by atoms with Gasteiger partial charge in [-0.25, -0.2) is 4.98 Å². The van der Waals surface area contributed by atoms with Crippen LogP contribution in [0.5, 0.6) is 0 Å².